The Morgan fingerprint density at radius 1 is 1.27 bits per heavy atom. The van der Waals surface area contributed by atoms with Crippen LogP contribution < -0.4 is 15.4 Å². The summed E-state index contributed by atoms with van der Waals surface area (Å²) in [5, 5.41) is 14.0. The van der Waals surface area contributed by atoms with Crippen molar-refractivity contribution in [2.75, 3.05) is 20.1 Å². The van der Waals surface area contributed by atoms with E-state index in [1.807, 2.05) is 11.5 Å². The molecular formula is C17H26FIN6O. The van der Waals surface area contributed by atoms with Crippen molar-refractivity contribution in [3.8, 4) is 5.75 Å². The number of hydrogen-bond donors (Lipinski definition) is 2. The topological polar surface area (TPSA) is 76.4 Å². The van der Waals surface area contributed by atoms with Crippen molar-refractivity contribution in [2.24, 2.45) is 4.99 Å². The molecule has 0 spiro atoms. The lowest BCUT2D eigenvalue weighted by Crippen LogP contribution is -2.42. The minimum atomic E-state index is -0.304. The molecule has 1 atom stereocenters. The van der Waals surface area contributed by atoms with Crippen LogP contribution in [0.25, 0.3) is 0 Å². The van der Waals surface area contributed by atoms with Crippen LogP contribution in [0.15, 0.2) is 41.9 Å². The quantitative estimate of drug-likeness (QED) is 0.252. The van der Waals surface area contributed by atoms with E-state index >= 15 is 0 Å². The summed E-state index contributed by atoms with van der Waals surface area (Å²) >= 11 is 0. The number of unbranched alkanes of at least 4 members (excludes halogenated alkanes) is 1. The molecule has 1 aromatic heterocycles. The van der Waals surface area contributed by atoms with E-state index in [0.717, 1.165) is 31.9 Å². The third kappa shape index (κ3) is 8.45. The fourth-order valence-electron chi connectivity index (χ4n) is 2.24. The van der Waals surface area contributed by atoms with Gasteiger partial charge in [0.15, 0.2) is 5.96 Å². The largest absolute Gasteiger partial charge is 0.489 e. The zero-order valence-electron chi connectivity index (χ0n) is 15.1. The lowest BCUT2D eigenvalue weighted by atomic mass is 10.3. The van der Waals surface area contributed by atoms with Crippen molar-refractivity contribution in [1.82, 2.24) is 25.4 Å². The number of aliphatic imine (C=N–C) groups is 1. The molecule has 1 aromatic carbocycles. The first kappa shape index (κ1) is 22.1. The molecule has 144 valence electrons. The van der Waals surface area contributed by atoms with Gasteiger partial charge in [-0.1, -0.05) is 6.07 Å². The second-order valence-electron chi connectivity index (χ2n) is 5.67. The maximum Gasteiger partial charge on any atom is 0.191 e. The Hall–Kier alpha value is -1.91. The summed E-state index contributed by atoms with van der Waals surface area (Å²) in [7, 11) is 1.73. The van der Waals surface area contributed by atoms with E-state index in [1.165, 1.54) is 12.1 Å². The summed E-state index contributed by atoms with van der Waals surface area (Å²) in [6.45, 7) is 4.21. The fraction of sp³-hybridized carbons (Fsp3) is 0.471. The second-order valence-corrected chi connectivity index (χ2v) is 5.67. The molecule has 0 amide bonds. The molecule has 0 radical (unpaired) electrons. The van der Waals surface area contributed by atoms with Gasteiger partial charge in [0.25, 0.3) is 0 Å². The maximum absolute atomic E-state index is 13.1. The number of benzene rings is 1. The minimum absolute atomic E-state index is 0. The highest BCUT2D eigenvalue weighted by Gasteiger charge is 2.06. The standard InChI is InChI=1S/C17H25FN6O.HI/c1-14(25-16-7-5-6-15(18)10-16)11-21-17(19-2)20-8-3-4-9-24-12-22-23-13-24;/h5-7,10,12-14H,3-4,8-9,11H2,1-2H3,(H2,19,20,21);1H. The molecule has 0 bridgehead atoms. The molecule has 26 heavy (non-hydrogen) atoms. The first-order valence-electron chi connectivity index (χ1n) is 8.36. The van der Waals surface area contributed by atoms with E-state index in [4.69, 9.17) is 4.74 Å². The number of rotatable bonds is 9. The molecule has 0 saturated carbocycles. The van der Waals surface area contributed by atoms with Crippen molar-refractivity contribution < 1.29 is 9.13 Å². The predicted molar refractivity (Wildman–Crippen MR) is 111 cm³/mol. The Morgan fingerprint density at radius 2 is 2.04 bits per heavy atom. The summed E-state index contributed by atoms with van der Waals surface area (Å²) < 4.78 is 20.8. The van der Waals surface area contributed by atoms with Crippen LogP contribution >= 0.6 is 24.0 Å². The van der Waals surface area contributed by atoms with E-state index in [9.17, 15) is 4.39 Å². The molecule has 1 heterocycles. The Balaban J connectivity index is 0.00000338. The summed E-state index contributed by atoms with van der Waals surface area (Å²) in [6, 6.07) is 6.14. The number of aryl methyl sites for hydroxylation is 1. The first-order chi connectivity index (χ1) is 12.2. The normalized spacial score (nSPS) is 12.2. The average Bonchev–Trinajstić information content (AvgIpc) is 3.10. The van der Waals surface area contributed by atoms with E-state index in [0.29, 0.717) is 12.3 Å². The third-order valence-electron chi connectivity index (χ3n) is 3.52. The van der Waals surface area contributed by atoms with Crippen molar-refractivity contribution >= 4 is 29.9 Å². The van der Waals surface area contributed by atoms with Crippen LogP contribution in [0.2, 0.25) is 0 Å². The highest BCUT2D eigenvalue weighted by molar-refractivity contribution is 14.0. The molecular weight excluding hydrogens is 450 g/mol. The zero-order valence-corrected chi connectivity index (χ0v) is 17.4. The van der Waals surface area contributed by atoms with E-state index in [2.05, 4.69) is 25.8 Å². The molecule has 0 fully saturated rings. The first-order valence-corrected chi connectivity index (χ1v) is 8.36. The van der Waals surface area contributed by atoms with Gasteiger partial charge in [-0.3, -0.25) is 4.99 Å². The Labute approximate surface area is 170 Å². The van der Waals surface area contributed by atoms with Gasteiger partial charge in [-0.2, -0.15) is 0 Å². The zero-order chi connectivity index (χ0) is 17.9. The molecule has 2 rings (SSSR count). The molecule has 2 aromatic rings. The van der Waals surface area contributed by atoms with E-state index in [1.54, 1.807) is 31.8 Å². The molecule has 2 N–H and O–H groups in total. The van der Waals surface area contributed by atoms with Gasteiger partial charge in [0, 0.05) is 26.2 Å². The van der Waals surface area contributed by atoms with Crippen LogP contribution in [0.4, 0.5) is 4.39 Å². The van der Waals surface area contributed by atoms with Gasteiger partial charge in [0.1, 0.15) is 30.3 Å². The maximum atomic E-state index is 13.1. The summed E-state index contributed by atoms with van der Waals surface area (Å²) in [5.74, 6) is 0.937. The van der Waals surface area contributed by atoms with E-state index in [-0.39, 0.29) is 35.9 Å². The van der Waals surface area contributed by atoms with Crippen LogP contribution in [0, 0.1) is 5.82 Å². The predicted octanol–water partition coefficient (Wildman–Crippen LogP) is 2.45. The van der Waals surface area contributed by atoms with Crippen LogP contribution in [0.3, 0.4) is 0 Å². The Kier molecular flexibility index (Phi) is 10.6. The van der Waals surface area contributed by atoms with Crippen molar-refractivity contribution in [3.05, 3.63) is 42.7 Å². The van der Waals surface area contributed by atoms with Gasteiger partial charge in [-0.05, 0) is 31.9 Å². The number of hydrogen-bond acceptors (Lipinski definition) is 4. The van der Waals surface area contributed by atoms with Crippen LogP contribution in [0.5, 0.6) is 5.75 Å². The lowest BCUT2D eigenvalue weighted by molar-refractivity contribution is 0.223. The number of halogens is 2. The summed E-state index contributed by atoms with van der Waals surface area (Å²) in [5.41, 5.74) is 0. The molecule has 1 unspecified atom stereocenters. The smallest absolute Gasteiger partial charge is 0.191 e. The van der Waals surface area contributed by atoms with Gasteiger partial charge in [-0.25, -0.2) is 4.39 Å². The number of nitrogens with zero attached hydrogens (tertiary/aromatic N) is 4. The number of nitrogens with one attached hydrogen (secondary N) is 2. The molecule has 0 aliphatic rings. The lowest BCUT2D eigenvalue weighted by Gasteiger charge is -2.17. The molecule has 9 heteroatoms. The molecule has 0 aliphatic carbocycles. The Bertz CT molecular complexity index is 652. The second kappa shape index (κ2) is 12.4. The number of ether oxygens (including phenoxy) is 1. The molecule has 0 aliphatic heterocycles. The van der Waals surface area contributed by atoms with Gasteiger partial charge in [-0.15, -0.1) is 34.2 Å². The molecule has 0 saturated heterocycles. The van der Waals surface area contributed by atoms with Gasteiger partial charge >= 0.3 is 0 Å². The number of aromatic nitrogens is 3. The highest BCUT2D eigenvalue weighted by atomic mass is 127. The van der Waals surface area contributed by atoms with Crippen LogP contribution in [-0.4, -0.2) is 47.0 Å². The van der Waals surface area contributed by atoms with Gasteiger partial charge in [0.2, 0.25) is 0 Å². The number of guanidine groups is 1. The van der Waals surface area contributed by atoms with Crippen LogP contribution in [0.1, 0.15) is 19.8 Å². The van der Waals surface area contributed by atoms with Crippen molar-refractivity contribution in [1.29, 1.82) is 0 Å². The summed E-state index contributed by atoms with van der Waals surface area (Å²) in [6.07, 6.45) is 5.35. The average molecular weight is 476 g/mol. The minimum Gasteiger partial charge on any atom is -0.489 e. The van der Waals surface area contributed by atoms with E-state index < -0.39 is 0 Å². The molecule has 7 nitrogen and oxygen atoms in total. The monoisotopic (exact) mass is 476 g/mol. The van der Waals surface area contributed by atoms with Crippen molar-refractivity contribution in [3.63, 3.8) is 0 Å². The fourth-order valence-corrected chi connectivity index (χ4v) is 2.24. The van der Waals surface area contributed by atoms with Gasteiger partial charge < -0.3 is 19.9 Å². The van der Waals surface area contributed by atoms with Crippen molar-refractivity contribution in [2.45, 2.75) is 32.4 Å². The summed E-state index contributed by atoms with van der Waals surface area (Å²) in [4.78, 5) is 4.18. The van der Waals surface area contributed by atoms with Crippen LogP contribution in [-0.2, 0) is 6.54 Å². The van der Waals surface area contributed by atoms with Gasteiger partial charge in [0.05, 0.1) is 6.54 Å². The Morgan fingerprint density at radius 3 is 2.73 bits per heavy atom. The SMILES string of the molecule is CN=C(NCCCCn1cnnc1)NCC(C)Oc1cccc(F)c1.I. The highest BCUT2D eigenvalue weighted by Crippen LogP contribution is 2.13. The third-order valence-corrected chi connectivity index (χ3v) is 3.52.